The maximum absolute atomic E-state index is 13.6. The Labute approximate surface area is 143 Å². The predicted molar refractivity (Wildman–Crippen MR) is 93.9 cm³/mol. The van der Waals surface area contributed by atoms with Crippen LogP contribution in [0.2, 0.25) is 0 Å². The Morgan fingerprint density at radius 2 is 2.00 bits per heavy atom. The molecular formula is C19H20FO3P. The van der Waals surface area contributed by atoms with Gasteiger partial charge in [0.05, 0.1) is 17.8 Å². The van der Waals surface area contributed by atoms with Gasteiger partial charge in [-0.25, -0.2) is 9.18 Å². The highest BCUT2D eigenvalue weighted by Gasteiger charge is 2.34. The zero-order valence-corrected chi connectivity index (χ0v) is 14.6. The molecule has 1 aliphatic heterocycles. The largest absolute Gasteiger partial charge is 0.451 e. The highest BCUT2D eigenvalue weighted by atomic mass is 31.0. The first kappa shape index (κ1) is 17.1. The molecule has 4 unspecified atom stereocenters. The molecule has 0 saturated carbocycles. The third-order valence-electron chi connectivity index (χ3n) is 4.19. The Bertz CT molecular complexity index is 720. The van der Waals surface area contributed by atoms with Gasteiger partial charge in [-0.15, -0.1) is 9.24 Å². The minimum absolute atomic E-state index is 0.129. The van der Waals surface area contributed by atoms with Gasteiger partial charge in [-0.2, -0.15) is 0 Å². The summed E-state index contributed by atoms with van der Waals surface area (Å²) in [5.41, 5.74) is 1.23. The third kappa shape index (κ3) is 3.82. The van der Waals surface area contributed by atoms with Gasteiger partial charge in [0.25, 0.3) is 0 Å². The van der Waals surface area contributed by atoms with E-state index in [0.29, 0.717) is 10.9 Å². The molecule has 1 heterocycles. The highest BCUT2D eigenvalue weighted by molar-refractivity contribution is 7.27. The van der Waals surface area contributed by atoms with Crippen LogP contribution in [-0.2, 0) is 9.47 Å². The number of rotatable bonds is 4. The minimum atomic E-state index is -0.553. The topological polar surface area (TPSA) is 35.5 Å². The standard InChI is InChI=1S/C19H20FO3P/c1-12-7-10-16(22-12)18(14-8-9-15(20)17(24)11-14)23-19(21)13-5-3-2-4-6-13/h2-6,8-9,11-12,16,18H,7,10,24H2,1H3. The van der Waals surface area contributed by atoms with E-state index in [9.17, 15) is 9.18 Å². The molecule has 0 spiro atoms. The van der Waals surface area contributed by atoms with Crippen LogP contribution in [-0.4, -0.2) is 18.2 Å². The van der Waals surface area contributed by atoms with E-state index in [1.807, 2.05) is 13.0 Å². The van der Waals surface area contributed by atoms with Crippen molar-refractivity contribution in [3.8, 4) is 0 Å². The van der Waals surface area contributed by atoms with Gasteiger partial charge in [0.2, 0.25) is 0 Å². The van der Waals surface area contributed by atoms with Crippen LogP contribution in [0.1, 0.15) is 41.8 Å². The van der Waals surface area contributed by atoms with Gasteiger partial charge in [0.15, 0.2) is 6.10 Å². The summed E-state index contributed by atoms with van der Waals surface area (Å²) in [6.07, 6.45) is 1.07. The summed E-state index contributed by atoms with van der Waals surface area (Å²) >= 11 is 0. The lowest BCUT2D eigenvalue weighted by molar-refractivity contribution is -0.0474. The van der Waals surface area contributed by atoms with Gasteiger partial charge < -0.3 is 9.47 Å². The van der Waals surface area contributed by atoms with Crippen molar-refractivity contribution in [2.45, 2.75) is 38.1 Å². The zero-order valence-electron chi connectivity index (χ0n) is 13.4. The summed E-state index contributed by atoms with van der Waals surface area (Å²) in [5.74, 6) is -0.712. The molecule has 1 saturated heterocycles. The molecule has 0 radical (unpaired) electrons. The van der Waals surface area contributed by atoms with Crippen LogP contribution in [0.5, 0.6) is 0 Å². The van der Waals surface area contributed by atoms with Crippen molar-refractivity contribution >= 4 is 20.5 Å². The zero-order chi connectivity index (χ0) is 17.1. The molecule has 24 heavy (non-hydrogen) atoms. The monoisotopic (exact) mass is 346 g/mol. The van der Waals surface area contributed by atoms with Crippen LogP contribution < -0.4 is 5.30 Å². The third-order valence-corrected chi connectivity index (χ3v) is 4.64. The normalized spacial score (nSPS) is 21.5. The molecule has 4 atom stereocenters. The molecule has 0 aliphatic carbocycles. The van der Waals surface area contributed by atoms with E-state index >= 15 is 0 Å². The first-order chi connectivity index (χ1) is 11.5. The Morgan fingerprint density at radius 1 is 1.25 bits per heavy atom. The number of hydrogen-bond acceptors (Lipinski definition) is 3. The molecule has 1 fully saturated rings. The smallest absolute Gasteiger partial charge is 0.338 e. The molecule has 0 amide bonds. The Balaban J connectivity index is 1.87. The molecule has 3 nitrogen and oxygen atoms in total. The fourth-order valence-corrected chi connectivity index (χ4v) is 3.20. The van der Waals surface area contributed by atoms with Gasteiger partial charge in [-0.3, -0.25) is 0 Å². The molecule has 3 rings (SSSR count). The summed E-state index contributed by atoms with van der Waals surface area (Å²) in [5, 5.41) is 0.444. The number of halogens is 1. The SMILES string of the molecule is CC1CCC(C(OC(=O)c2ccccc2)c2ccc(F)c(P)c2)O1. The lowest BCUT2D eigenvalue weighted by Crippen LogP contribution is -2.25. The lowest BCUT2D eigenvalue weighted by atomic mass is 10.0. The summed E-state index contributed by atoms with van der Waals surface area (Å²) in [4.78, 5) is 12.5. The van der Waals surface area contributed by atoms with E-state index in [2.05, 4.69) is 9.24 Å². The van der Waals surface area contributed by atoms with Gasteiger partial charge in [0, 0.05) is 5.30 Å². The maximum Gasteiger partial charge on any atom is 0.338 e. The summed E-state index contributed by atoms with van der Waals surface area (Å²) in [6.45, 7) is 2.00. The second-order valence-corrected chi connectivity index (χ2v) is 6.66. The second-order valence-electron chi connectivity index (χ2n) is 6.04. The van der Waals surface area contributed by atoms with Crippen molar-refractivity contribution < 1.29 is 18.7 Å². The van der Waals surface area contributed by atoms with Crippen LogP contribution in [0, 0.1) is 5.82 Å². The van der Waals surface area contributed by atoms with Gasteiger partial charge in [-0.1, -0.05) is 24.3 Å². The highest BCUT2D eigenvalue weighted by Crippen LogP contribution is 2.33. The number of esters is 1. The Kier molecular flexibility index (Phi) is 5.27. The summed E-state index contributed by atoms with van der Waals surface area (Å²) in [7, 11) is 2.36. The van der Waals surface area contributed by atoms with E-state index in [-0.39, 0.29) is 18.0 Å². The average Bonchev–Trinajstić information content (AvgIpc) is 3.02. The molecule has 0 N–H and O–H groups in total. The van der Waals surface area contributed by atoms with Crippen molar-refractivity contribution in [1.82, 2.24) is 0 Å². The van der Waals surface area contributed by atoms with Crippen LogP contribution in [0.25, 0.3) is 0 Å². The fraction of sp³-hybridized carbons (Fsp3) is 0.316. The van der Waals surface area contributed by atoms with Crippen LogP contribution >= 0.6 is 9.24 Å². The maximum atomic E-state index is 13.6. The Morgan fingerprint density at radius 3 is 2.62 bits per heavy atom. The van der Waals surface area contributed by atoms with E-state index in [4.69, 9.17) is 9.47 Å². The van der Waals surface area contributed by atoms with Crippen molar-refractivity contribution in [1.29, 1.82) is 0 Å². The molecule has 0 bridgehead atoms. The van der Waals surface area contributed by atoms with E-state index in [1.165, 1.54) is 6.07 Å². The van der Waals surface area contributed by atoms with Gasteiger partial charge in [-0.05, 0) is 49.6 Å². The molecule has 2 aromatic rings. The van der Waals surface area contributed by atoms with E-state index < -0.39 is 12.1 Å². The number of benzene rings is 2. The fourth-order valence-electron chi connectivity index (χ4n) is 2.91. The molecule has 2 aromatic carbocycles. The minimum Gasteiger partial charge on any atom is -0.451 e. The Hall–Kier alpha value is -1.77. The predicted octanol–water partition coefficient (Wildman–Crippen LogP) is 3.79. The van der Waals surface area contributed by atoms with Crippen molar-refractivity contribution in [2.75, 3.05) is 0 Å². The van der Waals surface area contributed by atoms with E-state index in [0.717, 1.165) is 18.4 Å². The molecular weight excluding hydrogens is 326 g/mol. The number of hydrogen-bond donors (Lipinski definition) is 0. The quantitative estimate of drug-likeness (QED) is 0.624. The number of ether oxygens (including phenoxy) is 2. The first-order valence-corrected chi connectivity index (χ1v) is 8.58. The van der Waals surface area contributed by atoms with Crippen LogP contribution in [0.3, 0.4) is 0 Å². The van der Waals surface area contributed by atoms with E-state index in [1.54, 1.807) is 36.4 Å². The molecule has 1 aliphatic rings. The van der Waals surface area contributed by atoms with Crippen LogP contribution in [0.15, 0.2) is 48.5 Å². The second kappa shape index (κ2) is 7.42. The summed E-state index contributed by atoms with van der Waals surface area (Å²) < 4.78 is 25.2. The number of carbonyl (C=O) groups excluding carboxylic acids is 1. The average molecular weight is 346 g/mol. The molecule has 5 heteroatoms. The van der Waals surface area contributed by atoms with Gasteiger partial charge in [0.1, 0.15) is 5.82 Å². The summed E-state index contributed by atoms with van der Waals surface area (Å²) in [6, 6.07) is 13.6. The molecule has 126 valence electrons. The number of carbonyl (C=O) groups is 1. The van der Waals surface area contributed by atoms with Crippen molar-refractivity contribution in [2.24, 2.45) is 0 Å². The molecule has 0 aromatic heterocycles. The first-order valence-electron chi connectivity index (χ1n) is 8.01. The lowest BCUT2D eigenvalue weighted by Gasteiger charge is -2.24. The van der Waals surface area contributed by atoms with Crippen molar-refractivity contribution in [3.05, 3.63) is 65.5 Å². The van der Waals surface area contributed by atoms with Crippen molar-refractivity contribution in [3.63, 3.8) is 0 Å². The van der Waals surface area contributed by atoms with Gasteiger partial charge >= 0.3 is 5.97 Å². The van der Waals surface area contributed by atoms with Crippen LogP contribution in [0.4, 0.5) is 4.39 Å².